The molecule has 1 fully saturated rings. The first-order valence-electron chi connectivity index (χ1n) is 6.04. The Morgan fingerprint density at radius 1 is 1.35 bits per heavy atom. The first-order chi connectivity index (χ1) is 8.09. The minimum Gasteiger partial charge on any atom is -0.312 e. The van der Waals surface area contributed by atoms with Gasteiger partial charge in [-0.2, -0.15) is 0 Å². The van der Waals surface area contributed by atoms with Gasteiger partial charge >= 0.3 is 0 Å². The van der Waals surface area contributed by atoms with Crippen molar-refractivity contribution in [3.05, 3.63) is 29.8 Å². The van der Waals surface area contributed by atoms with E-state index < -0.39 is 0 Å². The number of hydrogen-bond donors (Lipinski definition) is 0. The largest absolute Gasteiger partial charge is 0.312 e. The van der Waals surface area contributed by atoms with Gasteiger partial charge in [0, 0.05) is 30.1 Å². The molecule has 0 N–H and O–H groups in total. The predicted molar refractivity (Wildman–Crippen MR) is 67.2 cm³/mol. The molecule has 0 atom stereocenters. The molecule has 3 heteroatoms. The van der Waals surface area contributed by atoms with Crippen LogP contribution in [0, 0.1) is 5.92 Å². The highest BCUT2D eigenvalue weighted by molar-refractivity contribution is 6.00. The van der Waals surface area contributed by atoms with Crippen LogP contribution in [-0.2, 0) is 4.79 Å². The maximum absolute atomic E-state index is 11.9. The zero-order chi connectivity index (χ0) is 12.4. The molecule has 1 amide bonds. The van der Waals surface area contributed by atoms with Crippen molar-refractivity contribution in [2.75, 3.05) is 11.4 Å². The zero-order valence-electron chi connectivity index (χ0n) is 10.3. The Bertz CT molecular complexity index is 451. The fraction of sp³-hybridized carbons (Fsp3) is 0.429. The molecular weight excluding hydrogens is 214 g/mol. The van der Waals surface area contributed by atoms with Crippen LogP contribution in [0.3, 0.4) is 0 Å². The van der Waals surface area contributed by atoms with Gasteiger partial charge in [-0.15, -0.1) is 0 Å². The van der Waals surface area contributed by atoms with E-state index in [4.69, 9.17) is 0 Å². The lowest BCUT2D eigenvalue weighted by molar-refractivity contribution is -0.117. The molecule has 1 aromatic rings. The van der Waals surface area contributed by atoms with Gasteiger partial charge in [0.25, 0.3) is 0 Å². The van der Waals surface area contributed by atoms with Crippen LogP contribution in [0.4, 0.5) is 5.69 Å². The number of hydrogen-bond acceptors (Lipinski definition) is 2. The number of nitrogens with zero attached hydrogens (tertiary/aromatic N) is 1. The second-order valence-electron chi connectivity index (χ2n) is 4.72. The summed E-state index contributed by atoms with van der Waals surface area (Å²) in [6, 6.07) is 7.37. The van der Waals surface area contributed by atoms with E-state index in [1.165, 1.54) is 0 Å². The summed E-state index contributed by atoms with van der Waals surface area (Å²) >= 11 is 0. The number of carbonyl (C=O) groups excluding carboxylic acids is 2. The Labute approximate surface area is 101 Å². The van der Waals surface area contributed by atoms with Gasteiger partial charge in [-0.05, 0) is 18.6 Å². The fourth-order valence-electron chi connectivity index (χ4n) is 2.08. The second-order valence-corrected chi connectivity index (χ2v) is 4.72. The first-order valence-corrected chi connectivity index (χ1v) is 6.04. The molecule has 3 nitrogen and oxygen atoms in total. The van der Waals surface area contributed by atoms with Crippen LogP contribution in [0.5, 0.6) is 0 Å². The summed E-state index contributed by atoms with van der Waals surface area (Å²) in [5, 5.41) is 0. The van der Waals surface area contributed by atoms with Crippen LogP contribution in [0.25, 0.3) is 0 Å². The molecule has 90 valence electrons. The summed E-state index contributed by atoms with van der Waals surface area (Å²) in [7, 11) is 0. The van der Waals surface area contributed by atoms with Crippen molar-refractivity contribution < 1.29 is 9.59 Å². The normalized spacial score (nSPS) is 15.7. The number of benzene rings is 1. The molecule has 0 saturated carbocycles. The Morgan fingerprint density at radius 3 is 2.71 bits per heavy atom. The second kappa shape index (κ2) is 4.70. The lowest BCUT2D eigenvalue weighted by Crippen LogP contribution is -2.24. The van der Waals surface area contributed by atoms with Crippen molar-refractivity contribution in [3.8, 4) is 0 Å². The summed E-state index contributed by atoms with van der Waals surface area (Å²) in [6.45, 7) is 4.53. The van der Waals surface area contributed by atoms with Gasteiger partial charge in [-0.25, -0.2) is 0 Å². The molecule has 1 aromatic carbocycles. The fourth-order valence-corrected chi connectivity index (χ4v) is 2.08. The van der Waals surface area contributed by atoms with Crippen LogP contribution in [0.15, 0.2) is 24.3 Å². The molecule has 1 saturated heterocycles. The molecule has 1 aliphatic heterocycles. The molecule has 2 rings (SSSR count). The molecule has 1 heterocycles. The smallest absolute Gasteiger partial charge is 0.227 e. The molecule has 0 unspecified atom stereocenters. The Kier molecular flexibility index (Phi) is 3.27. The van der Waals surface area contributed by atoms with Crippen LogP contribution in [0.2, 0.25) is 0 Å². The lowest BCUT2D eigenvalue weighted by atomic mass is 10.0. The first kappa shape index (κ1) is 11.8. The molecule has 0 aromatic heterocycles. The average molecular weight is 231 g/mol. The van der Waals surface area contributed by atoms with E-state index in [0.717, 1.165) is 18.7 Å². The number of rotatable bonds is 3. The van der Waals surface area contributed by atoms with Crippen molar-refractivity contribution in [2.45, 2.75) is 26.7 Å². The summed E-state index contributed by atoms with van der Waals surface area (Å²) in [4.78, 5) is 25.3. The Hall–Kier alpha value is -1.64. The number of carbonyl (C=O) groups is 2. The van der Waals surface area contributed by atoms with Gasteiger partial charge < -0.3 is 4.90 Å². The quantitative estimate of drug-likeness (QED) is 0.750. The third kappa shape index (κ3) is 2.38. The van der Waals surface area contributed by atoms with Gasteiger partial charge in [-0.1, -0.05) is 26.0 Å². The summed E-state index contributed by atoms with van der Waals surface area (Å²) < 4.78 is 0. The van der Waals surface area contributed by atoms with Crippen molar-refractivity contribution in [1.82, 2.24) is 0 Å². The van der Waals surface area contributed by atoms with Crippen molar-refractivity contribution in [3.63, 3.8) is 0 Å². The van der Waals surface area contributed by atoms with Crippen molar-refractivity contribution >= 4 is 17.4 Å². The Balaban J connectivity index is 2.28. The van der Waals surface area contributed by atoms with Gasteiger partial charge in [0.1, 0.15) is 0 Å². The number of ketones is 1. The van der Waals surface area contributed by atoms with E-state index in [-0.39, 0.29) is 17.6 Å². The van der Waals surface area contributed by atoms with E-state index in [1.54, 1.807) is 4.90 Å². The standard InChI is InChI=1S/C14H17NO2/c1-10(2)14(17)11-5-3-6-12(9-11)15-8-4-7-13(15)16/h3,5-6,9-10H,4,7-8H2,1-2H3. The molecule has 0 spiro atoms. The highest BCUT2D eigenvalue weighted by Gasteiger charge is 2.22. The van der Waals surface area contributed by atoms with Crippen molar-refractivity contribution in [2.24, 2.45) is 5.92 Å². The third-order valence-corrected chi connectivity index (χ3v) is 3.04. The zero-order valence-corrected chi connectivity index (χ0v) is 10.3. The van der Waals surface area contributed by atoms with Crippen LogP contribution >= 0.6 is 0 Å². The average Bonchev–Trinajstić information content (AvgIpc) is 2.74. The number of Topliss-reactive ketones (excluding diaryl/α,β-unsaturated/α-hetero) is 1. The minimum atomic E-state index is -0.0143. The molecule has 17 heavy (non-hydrogen) atoms. The number of anilines is 1. The van der Waals surface area contributed by atoms with Gasteiger partial charge in [0.15, 0.2) is 5.78 Å². The summed E-state index contributed by atoms with van der Waals surface area (Å²) in [5.41, 5.74) is 1.54. The maximum Gasteiger partial charge on any atom is 0.227 e. The SMILES string of the molecule is CC(C)C(=O)c1cccc(N2CCCC2=O)c1. The molecule has 0 radical (unpaired) electrons. The van der Waals surface area contributed by atoms with Crippen molar-refractivity contribution in [1.29, 1.82) is 0 Å². The van der Waals surface area contributed by atoms with Gasteiger partial charge in [0.2, 0.25) is 5.91 Å². The third-order valence-electron chi connectivity index (χ3n) is 3.04. The van der Waals surface area contributed by atoms with E-state index in [9.17, 15) is 9.59 Å². The van der Waals surface area contributed by atoms with E-state index >= 15 is 0 Å². The van der Waals surface area contributed by atoms with Gasteiger partial charge in [0.05, 0.1) is 0 Å². The van der Waals surface area contributed by atoms with Crippen LogP contribution in [-0.4, -0.2) is 18.2 Å². The molecule has 0 aliphatic carbocycles. The topological polar surface area (TPSA) is 37.4 Å². The highest BCUT2D eigenvalue weighted by atomic mass is 16.2. The van der Waals surface area contributed by atoms with E-state index in [0.29, 0.717) is 12.0 Å². The van der Waals surface area contributed by atoms with Crippen LogP contribution in [0.1, 0.15) is 37.0 Å². The highest BCUT2D eigenvalue weighted by Crippen LogP contribution is 2.23. The lowest BCUT2D eigenvalue weighted by Gasteiger charge is -2.16. The summed E-state index contributed by atoms with van der Waals surface area (Å²) in [5.74, 6) is 0.261. The predicted octanol–water partition coefficient (Wildman–Crippen LogP) is 2.65. The van der Waals surface area contributed by atoms with Gasteiger partial charge in [-0.3, -0.25) is 9.59 Å². The maximum atomic E-state index is 11.9. The number of amides is 1. The van der Waals surface area contributed by atoms with Crippen LogP contribution < -0.4 is 4.90 Å². The van der Waals surface area contributed by atoms with E-state index in [1.807, 2.05) is 38.1 Å². The molecular formula is C14H17NO2. The minimum absolute atomic E-state index is 0.0143. The van der Waals surface area contributed by atoms with E-state index in [2.05, 4.69) is 0 Å². The Morgan fingerprint density at radius 2 is 2.12 bits per heavy atom. The summed E-state index contributed by atoms with van der Waals surface area (Å²) in [6.07, 6.45) is 1.52. The molecule has 1 aliphatic rings. The molecule has 0 bridgehead atoms. The monoisotopic (exact) mass is 231 g/mol.